The molecule has 2 aromatic rings. The molecule has 3 rings (SSSR count). The van der Waals surface area contributed by atoms with Gasteiger partial charge >= 0.3 is 17.8 Å². The SMILES string of the molecule is CCOC(=O)c1c(NC(=O)C(=O)NN=Cc2cc(Br)ccc2OCC)sc2c1CCCC2. The normalized spacial score (nSPS) is 12.8. The van der Waals surface area contributed by atoms with E-state index in [4.69, 9.17) is 9.47 Å². The second kappa shape index (κ2) is 11.2. The highest BCUT2D eigenvalue weighted by molar-refractivity contribution is 9.10. The summed E-state index contributed by atoms with van der Waals surface area (Å²) >= 11 is 4.70. The number of fused-ring (bicyclic) bond motifs is 1. The van der Waals surface area contributed by atoms with E-state index < -0.39 is 17.8 Å². The molecular formula is C22H24BrN3O5S. The first-order valence-corrected chi connectivity index (χ1v) is 11.9. The molecule has 0 spiro atoms. The van der Waals surface area contributed by atoms with Gasteiger partial charge in [0.05, 0.1) is 25.0 Å². The first-order chi connectivity index (χ1) is 15.4. The van der Waals surface area contributed by atoms with Crippen molar-refractivity contribution in [1.29, 1.82) is 0 Å². The largest absolute Gasteiger partial charge is 0.493 e. The van der Waals surface area contributed by atoms with Crippen LogP contribution in [-0.4, -0.2) is 37.2 Å². The van der Waals surface area contributed by atoms with Crippen molar-refractivity contribution in [1.82, 2.24) is 5.43 Å². The van der Waals surface area contributed by atoms with E-state index in [9.17, 15) is 14.4 Å². The number of benzene rings is 1. The molecular weight excluding hydrogens is 498 g/mol. The Morgan fingerprint density at radius 2 is 1.94 bits per heavy atom. The molecule has 8 nitrogen and oxygen atoms in total. The summed E-state index contributed by atoms with van der Waals surface area (Å²) in [5, 5.41) is 6.76. The van der Waals surface area contributed by atoms with Crippen molar-refractivity contribution < 1.29 is 23.9 Å². The third-order valence-electron chi connectivity index (χ3n) is 4.73. The highest BCUT2D eigenvalue weighted by Crippen LogP contribution is 2.38. The van der Waals surface area contributed by atoms with Gasteiger partial charge in [-0.05, 0) is 63.3 Å². The van der Waals surface area contributed by atoms with Crippen molar-refractivity contribution in [2.45, 2.75) is 39.5 Å². The second-order valence-electron chi connectivity index (χ2n) is 6.90. The third-order valence-corrected chi connectivity index (χ3v) is 6.43. The summed E-state index contributed by atoms with van der Waals surface area (Å²) in [7, 11) is 0. The number of nitrogens with zero attached hydrogens (tertiary/aromatic N) is 1. The predicted molar refractivity (Wildman–Crippen MR) is 127 cm³/mol. The summed E-state index contributed by atoms with van der Waals surface area (Å²) < 4.78 is 11.5. The monoisotopic (exact) mass is 521 g/mol. The molecule has 0 saturated heterocycles. The quantitative estimate of drug-likeness (QED) is 0.247. The maximum atomic E-state index is 12.5. The third kappa shape index (κ3) is 5.74. The van der Waals surface area contributed by atoms with Crippen LogP contribution >= 0.6 is 27.3 Å². The van der Waals surface area contributed by atoms with Gasteiger partial charge in [-0.15, -0.1) is 11.3 Å². The van der Waals surface area contributed by atoms with Crippen molar-refractivity contribution >= 4 is 56.3 Å². The minimum absolute atomic E-state index is 0.228. The van der Waals surface area contributed by atoms with Gasteiger partial charge in [0.1, 0.15) is 10.8 Å². The van der Waals surface area contributed by atoms with Crippen LogP contribution in [0.2, 0.25) is 0 Å². The molecule has 1 aromatic carbocycles. The van der Waals surface area contributed by atoms with E-state index in [2.05, 4.69) is 31.8 Å². The fourth-order valence-corrected chi connectivity index (χ4v) is 5.00. The Bertz CT molecular complexity index is 1050. The number of aryl methyl sites for hydroxylation is 1. The number of carbonyl (C=O) groups excluding carboxylic acids is 3. The molecule has 1 aliphatic rings. The van der Waals surface area contributed by atoms with Crippen molar-refractivity contribution in [2.75, 3.05) is 18.5 Å². The molecule has 170 valence electrons. The Hall–Kier alpha value is -2.72. The predicted octanol–water partition coefficient (Wildman–Crippen LogP) is 4.05. The van der Waals surface area contributed by atoms with Crippen molar-refractivity contribution in [3.63, 3.8) is 0 Å². The minimum atomic E-state index is -0.949. The highest BCUT2D eigenvalue weighted by atomic mass is 79.9. The van der Waals surface area contributed by atoms with Gasteiger partial charge in [-0.1, -0.05) is 15.9 Å². The molecule has 2 amide bonds. The van der Waals surface area contributed by atoms with Gasteiger partial charge in [-0.2, -0.15) is 5.10 Å². The van der Waals surface area contributed by atoms with Crippen LogP contribution in [0, 0.1) is 0 Å². The van der Waals surface area contributed by atoms with E-state index in [-0.39, 0.29) is 6.61 Å². The van der Waals surface area contributed by atoms with Crippen LogP contribution in [0.5, 0.6) is 5.75 Å². The number of anilines is 1. The summed E-state index contributed by atoms with van der Waals surface area (Å²) in [6.45, 7) is 4.29. The topological polar surface area (TPSA) is 106 Å². The summed E-state index contributed by atoms with van der Waals surface area (Å²) in [6.07, 6.45) is 4.99. The Kier molecular flexibility index (Phi) is 8.40. The molecule has 2 N–H and O–H groups in total. The average Bonchev–Trinajstić information content (AvgIpc) is 3.13. The Morgan fingerprint density at radius 3 is 2.69 bits per heavy atom. The lowest BCUT2D eigenvalue weighted by Crippen LogP contribution is -2.32. The van der Waals surface area contributed by atoms with Crippen LogP contribution in [0.1, 0.15) is 53.1 Å². The van der Waals surface area contributed by atoms with Gasteiger partial charge in [0.25, 0.3) is 0 Å². The molecule has 1 aliphatic carbocycles. The van der Waals surface area contributed by atoms with Gasteiger partial charge in [0, 0.05) is 14.9 Å². The maximum Gasteiger partial charge on any atom is 0.341 e. The van der Waals surface area contributed by atoms with Crippen LogP contribution in [0.4, 0.5) is 5.00 Å². The Labute approximate surface area is 198 Å². The second-order valence-corrected chi connectivity index (χ2v) is 8.92. The average molecular weight is 522 g/mol. The number of halogens is 1. The number of hydrazone groups is 1. The van der Waals surface area contributed by atoms with E-state index in [1.807, 2.05) is 13.0 Å². The molecule has 1 heterocycles. The number of hydrogen-bond donors (Lipinski definition) is 2. The van der Waals surface area contributed by atoms with E-state index in [0.29, 0.717) is 28.5 Å². The van der Waals surface area contributed by atoms with Crippen LogP contribution in [0.3, 0.4) is 0 Å². The molecule has 0 fully saturated rings. The fraction of sp³-hybridized carbons (Fsp3) is 0.364. The molecule has 0 unspecified atom stereocenters. The number of rotatable bonds is 7. The molecule has 0 bridgehead atoms. The minimum Gasteiger partial charge on any atom is -0.493 e. The number of hydrogen-bond acceptors (Lipinski definition) is 7. The van der Waals surface area contributed by atoms with Gasteiger partial charge in [-0.25, -0.2) is 10.2 Å². The van der Waals surface area contributed by atoms with Crippen molar-refractivity contribution in [2.24, 2.45) is 5.10 Å². The zero-order valence-corrected chi connectivity index (χ0v) is 20.2. The Balaban J connectivity index is 1.71. The lowest BCUT2D eigenvalue weighted by Gasteiger charge is -2.12. The molecule has 0 aliphatic heterocycles. The summed E-state index contributed by atoms with van der Waals surface area (Å²) in [6, 6.07) is 5.39. The number of carbonyl (C=O) groups is 3. The van der Waals surface area contributed by atoms with E-state index in [1.54, 1.807) is 19.1 Å². The zero-order valence-electron chi connectivity index (χ0n) is 17.8. The first-order valence-electron chi connectivity index (χ1n) is 10.3. The summed E-state index contributed by atoms with van der Waals surface area (Å²) in [4.78, 5) is 38.3. The van der Waals surface area contributed by atoms with Gasteiger partial charge in [-0.3, -0.25) is 9.59 Å². The molecule has 1 aromatic heterocycles. The Morgan fingerprint density at radius 1 is 1.16 bits per heavy atom. The smallest absolute Gasteiger partial charge is 0.341 e. The van der Waals surface area contributed by atoms with Crippen LogP contribution in [-0.2, 0) is 27.2 Å². The number of thiophene rings is 1. The molecule has 0 atom stereocenters. The molecule has 32 heavy (non-hydrogen) atoms. The summed E-state index contributed by atoms with van der Waals surface area (Å²) in [5.74, 6) is -1.75. The van der Waals surface area contributed by atoms with Crippen LogP contribution in [0.25, 0.3) is 0 Å². The zero-order chi connectivity index (χ0) is 23.1. The lowest BCUT2D eigenvalue weighted by molar-refractivity contribution is -0.136. The highest BCUT2D eigenvalue weighted by Gasteiger charge is 2.28. The van der Waals surface area contributed by atoms with Crippen molar-refractivity contribution in [3.8, 4) is 5.75 Å². The molecule has 0 radical (unpaired) electrons. The fourth-order valence-electron chi connectivity index (χ4n) is 3.35. The number of amides is 2. The molecule has 10 heteroatoms. The number of ether oxygens (including phenoxy) is 2. The van der Waals surface area contributed by atoms with Crippen molar-refractivity contribution in [3.05, 3.63) is 44.2 Å². The number of nitrogens with one attached hydrogen (secondary N) is 2. The lowest BCUT2D eigenvalue weighted by atomic mass is 9.95. The number of esters is 1. The molecule has 0 saturated carbocycles. The van der Waals surface area contributed by atoms with Gasteiger partial charge in [0.2, 0.25) is 0 Å². The van der Waals surface area contributed by atoms with Crippen LogP contribution < -0.4 is 15.5 Å². The first kappa shape index (κ1) is 23.9. The van der Waals surface area contributed by atoms with E-state index in [1.165, 1.54) is 17.6 Å². The van der Waals surface area contributed by atoms with E-state index in [0.717, 1.165) is 40.6 Å². The maximum absolute atomic E-state index is 12.5. The van der Waals surface area contributed by atoms with E-state index >= 15 is 0 Å². The van der Waals surface area contributed by atoms with Gasteiger partial charge in [0.15, 0.2) is 0 Å². The standard InChI is InChI=1S/C22H24BrN3O5S/c1-3-30-16-10-9-14(23)11-13(16)12-24-26-20(28)19(27)25-21-18(22(29)31-4-2)15-7-5-6-8-17(15)32-21/h9-12H,3-8H2,1-2H3,(H,25,27)(H,26,28). The summed E-state index contributed by atoms with van der Waals surface area (Å²) in [5.41, 5.74) is 4.11. The van der Waals surface area contributed by atoms with Gasteiger partial charge < -0.3 is 14.8 Å². The van der Waals surface area contributed by atoms with Crippen LogP contribution in [0.15, 0.2) is 27.8 Å².